The van der Waals surface area contributed by atoms with Crippen molar-refractivity contribution in [1.82, 2.24) is 10.5 Å². The molecule has 0 aliphatic carbocycles. The number of halogens is 4. The Kier molecular flexibility index (Phi) is 10.5. The van der Waals surface area contributed by atoms with Crippen LogP contribution in [0.4, 0.5) is 0 Å². The first-order chi connectivity index (χ1) is 18.0. The number of fused-ring (bicyclic) bond motifs is 3. The Morgan fingerprint density at radius 2 is 1.03 bits per heavy atom. The summed E-state index contributed by atoms with van der Waals surface area (Å²) >= 11 is -6.20. The second-order valence-corrected chi connectivity index (χ2v) is 21.4. The summed E-state index contributed by atoms with van der Waals surface area (Å²) in [6.45, 7) is 29.5. The minimum atomic E-state index is -5.12. The van der Waals surface area contributed by atoms with Crippen molar-refractivity contribution in [3.63, 3.8) is 0 Å². The van der Waals surface area contributed by atoms with Gasteiger partial charge in [0.1, 0.15) is 0 Å². The van der Waals surface area contributed by atoms with E-state index in [1.54, 1.807) is 46.0 Å². The summed E-state index contributed by atoms with van der Waals surface area (Å²) in [4.78, 5) is 34.5. The normalized spacial score (nSPS) is 39.4. The summed E-state index contributed by atoms with van der Waals surface area (Å²) < 4.78 is 32.2. The Balaban J connectivity index is 2.36. The second kappa shape index (κ2) is 12.3. The van der Waals surface area contributed by atoms with Crippen LogP contribution in [0.25, 0.3) is 0 Å². The van der Waals surface area contributed by atoms with Crippen molar-refractivity contribution < 1.29 is 104 Å². The standard InChI is InChI=1S/C16H24I4N6O12/c1-9-19(27-17,28-18)29-20(10-2)30-23(13-5)32-21(11-3)34-25(15-7)35-22(12-4)33-24(14-6,31-20)37-26(16-8,36-23)38-25/h9-16H,1-8H2/q+2. The van der Waals surface area contributed by atoms with Gasteiger partial charge in [0.2, 0.25) is 0 Å². The number of hydroxylamine groups is 16. The van der Waals surface area contributed by atoms with Crippen molar-refractivity contribution in [2.45, 2.75) is 0 Å². The van der Waals surface area contributed by atoms with Gasteiger partial charge in [0.15, 0.2) is 0 Å². The summed E-state index contributed by atoms with van der Waals surface area (Å²) in [7, 11) is 0. The first-order valence-corrected chi connectivity index (χ1v) is 18.9. The molecule has 2 unspecified atom stereocenters. The van der Waals surface area contributed by atoms with Crippen LogP contribution < -0.4 is 39.4 Å². The van der Waals surface area contributed by atoms with Gasteiger partial charge >= 0.3 is 259 Å². The zero-order chi connectivity index (χ0) is 28.3. The number of quaternary nitrogens is 4. The fraction of sp³-hybridized carbons (Fsp3) is 0. The molecular weight excluding hydrogens is 976 g/mol. The van der Waals surface area contributed by atoms with E-state index in [0.29, 0.717) is 10.5 Å². The Labute approximate surface area is 256 Å². The molecule has 3 heterocycles. The van der Waals surface area contributed by atoms with Gasteiger partial charge < -0.3 is 0 Å². The summed E-state index contributed by atoms with van der Waals surface area (Å²) in [5.41, 5.74) is 0. The van der Waals surface area contributed by atoms with Gasteiger partial charge in [0.05, 0.1) is 0 Å². The molecule has 3 rings (SSSR count). The Morgan fingerprint density at radius 3 is 1.34 bits per heavy atom. The molecule has 0 radical (unpaired) electrons. The van der Waals surface area contributed by atoms with Gasteiger partial charge in [-0.25, -0.2) is 0 Å². The van der Waals surface area contributed by atoms with Gasteiger partial charge in [0, 0.05) is 0 Å². The molecule has 4 bridgehead atoms. The fourth-order valence-corrected chi connectivity index (χ4v) is 23.0. The van der Waals surface area contributed by atoms with Crippen LogP contribution in [0.1, 0.15) is 0 Å². The van der Waals surface area contributed by atoms with E-state index >= 15 is 0 Å². The third kappa shape index (κ3) is 6.17. The summed E-state index contributed by atoms with van der Waals surface area (Å²) in [5, 5.41) is 1.22. The molecule has 0 amide bonds. The van der Waals surface area contributed by atoms with E-state index in [2.05, 4.69) is 52.6 Å². The van der Waals surface area contributed by atoms with Gasteiger partial charge in [-0.1, -0.05) is 0 Å². The predicted molar refractivity (Wildman–Crippen MR) is 127 cm³/mol. The van der Waals surface area contributed by atoms with Crippen molar-refractivity contribution in [2.24, 2.45) is 0 Å². The molecule has 22 heteroatoms. The molecule has 18 nitrogen and oxygen atoms in total. The summed E-state index contributed by atoms with van der Waals surface area (Å²) in [6, 6.07) is 0. The molecule has 3 aliphatic heterocycles. The summed E-state index contributed by atoms with van der Waals surface area (Å²) in [5.74, 6) is 0. The number of rotatable bonds is 12. The molecule has 38 heavy (non-hydrogen) atoms. The maximum atomic E-state index is 6.26. The van der Waals surface area contributed by atoms with Crippen molar-refractivity contribution in [2.75, 3.05) is 0 Å². The van der Waals surface area contributed by atoms with Crippen molar-refractivity contribution in [3.8, 4) is 0 Å². The van der Waals surface area contributed by atoms with Crippen molar-refractivity contribution in [1.29, 1.82) is 0 Å². The van der Waals surface area contributed by atoms with Gasteiger partial charge in [-0.2, -0.15) is 0 Å². The molecule has 0 aromatic heterocycles. The van der Waals surface area contributed by atoms with Crippen LogP contribution in [0.3, 0.4) is 0 Å². The predicted octanol–water partition coefficient (Wildman–Crippen LogP) is -1.60. The van der Waals surface area contributed by atoms with Crippen LogP contribution in [0, 0.1) is 0 Å². The van der Waals surface area contributed by atoms with E-state index in [9.17, 15) is 0 Å². The Bertz CT molecular complexity index is 977. The van der Waals surface area contributed by atoms with Crippen LogP contribution in [0.5, 0.6) is 0 Å². The number of nitrogens with zero attached hydrogens (tertiary/aromatic N) is 6. The molecule has 3 fully saturated rings. The quantitative estimate of drug-likeness (QED) is 0.165. The monoisotopic (exact) mass is 1000 g/mol. The molecule has 2 atom stereocenters. The van der Waals surface area contributed by atoms with E-state index in [0.717, 1.165) is 37.2 Å². The SMILES string of the molecule is C=CN1O[N+]2(C=C)ON(C=C)O[N+]3(C=C)O[N+](C=C)(O2)O[N+](C=C)(O1)O[I-](C=C)(O[I-](C=C)(OI)OI)O3. The van der Waals surface area contributed by atoms with E-state index in [1.165, 1.54) is 8.17 Å². The van der Waals surface area contributed by atoms with Crippen molar-refractivity contribution in [3.05, 3.63) is 98.0 Å². The van der Waals surface area contributed by atoms with E-state index in [-0.39, 0.29) is 0 Å². The third-order valence-electron chi connectivity index (χ3n) is 3.74. The molecule has 216 valence electrons. The third-order valence-corrected chi connectivity index (χ3v) is 22.4. The average molecular weight is 1000 g/mol. The molecule has 0 spiro atoms. The van der Waals surface area contributed by atoms with Crippen LogP contribution in [-0.2, 0) is 45.1 Å². The molecule has 3 saturated heterocycles. The first-order valence-electron chi connectivity index (χ1n) is 9.41. The van der Waals surface area contributed by atoms with Gasteiger partial charge in [-0.05, 0) is 0 Å². The van der Waals surface area contributed by atoms with E-state index in [1.807, 2.05) is 0 Å². The zero-order valence-electron chi connectivity index (χ0n) is 19.4. The fourth-order valence-electron chi connectivity index (χ4n) is 2.24. The second-order valence-electron chi connectivity index (χ2n) is 5.93. The summed E-state index contributed by atoms with van der Waals surface area (Å²) in [6.07, 6.45) is 6.04. The maximum absolute atomic E-state index is 6.26. The van der Waals surface area contributed by atoms with Gasteiger partial charge in [-0.3, -0.25) is 0 Å². The first kappa shape index (κ1) is 32.3. The molecule has 0 N–H and O–H groups in total. The van der Waals surface area contributed by atoms with Crippen LogP contribution in [0.15, 0.2) is 98.0 Å². The van der Waals surface area contributed by atoms with Crippen molar-refractivity contribution >= 4 is 46.0 Å². The molecular formula is C16H24I4N6O12+2. The van der Waals surface area contributed by atoms with E-state index in [4.69, 9.17) is 45.1 Å². The Morgan fingerprint density at radius 1 is 0.632 bits per heavy atom. The zero-order valence-corrected chi connectivity index (χ0v) is 28.0. The van der Waals surface area contributed by atoms with Crippen LogP contribution >= 0.6 is 46.0 Å². The molecule has 0 aromatic rings. The van der Waals surface area contributed by atoms with Gasteiger partial charge in [-0.15, -0.1) is 0 Å². The van der Waals surface area contributed by atoms with Crippen LogP contribution in [-0.4, -0.2) is 30.3 Å². The molecule has 3 aliphatic rings. The Hall–Kier alpha value is -0.200. The minimum absolute atomic E-state index is 0.612. The number of hydrogen-bond donors (Lipinski definition) is 0. The average Bonchev–Trinajstić information content (AvgIpc) is 2.92. The van der Waals surface area contributed by atoms with Gasteiger partial charge in [0.25, 0.3) is 0 Å². The number of hydrogen-bond acceptors (Lipinski definition) is 14. The molecule has 0 saturated carbocycles. The topological polar surface area (TPSA) is 117 Å². The van der Waals surface area contributed by atoms with E-state index < -0.39 is 59.2 Å². The van der Waals surface area contributed by atoms with Crippen LogP contribution in [0.2, 0.25) is 0 Å². The molecule has 0 aromatic carbocycles.